The van der Waals surface area contributed by atoms with E-state index in [-0.39, 0.29) is 6.42 Å². The average Bonchev–Trinajstić information content (AvgIpc) is 2.86. The van der Waals surface area contributed by atoms with Crippen molar-refractivity contribution in [2.45, 2.75) is 19.4 Å². The Labute approximate surface area is 96.9 Å². The van der Waals surface area contributed by atoms with E-state index in [2.05, 4.69) is 20.5 Å². The number of nitrogens with zero attached hydrogens (tertiary/aromatic N) is 6. The van der Waals surface area contributed by atoms with E-state index in [4.69, 9.17) is 5.11 Å². The van der Waals surface area contributed by atoms with Crippen LogP contribution in [0.4, 0.5) is 0 Å². The number of carboxylic acids is 1. The van der Waals surface area contributed by atoms with Gasteiger partial charge in [0.05, 0.1) is 12.5 Å². The van der Waals surface area contributed by atoms with Gasteiger partial charge in [-0.15, -0.1) is 5.10 Å². The van der Waals surface area contributed by atoms with Crippen LogP contribution in [0.5, 0.6) is 0 Å². The highest BCUT2D eigenvalue weighted by atomic mass is 16.4. The smallest absolute Gasteiger partial charge is 0.303 e. The van der Waals surface area contributed by atoms with Crippen LogP contribution < -0.4 is 0 Å². The van der Waals surface area contributed by atoms with E-state index in [1.807, 2.05) is 7.05 Å². The topological polar surface area (TPSA) is 98.7 Å². The Hall–Kier alpha value is -2.25. The van der Waals surface area contributed by atoms with Crippen LogP contribution in [0.15, 0.2) is 12.5 Å². The number of carboxylic acid groups (broad SMARTS) is 1. The number of hydrogen-bond acceptors (Lipinski definition) is 5. The first-order chi connectivity index (χ1) is 8.18. The predicted molar refractivity (Wildman–Crippen MR) is 56.9 cm³/mol. The van der Waals surface area contributed by atoms with E-state index in [0.29, 0.717) is 18.8 Å². The number of hydrogen-bond donors (Lipinski definition) is 1. The Morgan fingerprint density at radius 3 is 3.00 bits per heavy atom. The maximum absolute atomic E-state index is 10.4. The van der Waals surface area contributed by atoms with Gasteiger partial charge in [-0.25, -0.2) is 9.67 Å². The van der Waals surface area contributed by atoms with Crippen LogP contribution in [-0.2, 0) is 18.4 Å². The van der Waals surface area contributed by atoms with Crippen LogP contribution in [0.1, 0.15) is 12.8 Å². The predicted octanol–water partition coefficient (Wildman–Crippen LogP) is -0.0616. The summed E-state index contributed by atoms with van der Waals surface area (Å²) in [6, 6.07) is 0. The Morgan fingerprint density at radius 1 is 1.53 bits per heavy atom. The van der Waals surface area contributed by atoms with Crippen LogP contribution in [-0.4, -0.2) is 40.8 Å². The second-order valence-corrected chi connectivity index (χ2v) is 3.61. The number of imidazole rings is 1. The second kappa shape index (κ2) is 4.73. The molecule has 2 aromatic heterocycles. The van der Waals surface area contributed by atoms with Crippen molar-refractivity contribution in [3.63, 3.8) is 0 Å². The van der Waals surface area contributed by atoms with Crippen molar-refractivity contribution >= 4 is 5.97 Å². The minimum Gasteiger partial charge on any atom is -0.481 e. The first-order valence-electron chi connectivity index (χ1n) is 5.13. The van der Waals surface area contributed by atoms with Gasteiger partial charge in [0.15, 0.2) is 5.82 Å². The van der Waals surface area contributed by atoms with Gasteiger partial charge in [0.2, 0.25) is 0 Å². The maximum atomic E-state index is 10.4. The summed E-state index contributed by atoms with van der Waals surface area (Å²) < 4.78 is 3.39. The van der Waals surface area contributed by atoms with Crippen LogP contribution in [0.25, 0.3) is 11.5 Å². The third kappa shape index (κ3) is 2.47. The summed E-state index contributed by atoms with van der Waals surface area (Å²) in [5.74, 6) is -0.226. The minimum absolute atomic E-state index is 0.102. The van der Waals surface area contributed by atoms with Crippen LogP contribution in [0.3, 0.4) is 0 Å². The molecule has 0 atom stereocenters. The molecular formula is C9H12N6O2. The first kappa shape index (κ1) is 11.2. The van der Waals surface area contributed by atoms with Gasteiger partial charge in [0.25, 0.3) is 0 Å². The van der Waals surface area contributed by atoms with E-state index < -0.39 is 5.97 Å². The molecule has 0 aliphatic rings. The molecule has 2 aromatic rings. The fourth-order valence-corrected chi connectivity index (χ4v) is 1.49. The van der Waals surface area contributed by atoms with Crippen LogP contribution in [0.2, 0.25) is 0 Å². The van der Waals surface area contributed by atoms with Crippen molar-refractivity contribution in [2.75, 3.05) is 0 Å². The summed E-state index contributed by atoms with van der Waals surface area (Å²) in [5.41, 5.74) is 0.797. The molecule has 8 nitrogen and oxygen atoms in total. The molecule has 2 rings (SSSR count). The lowest BCUT2D eigenvalue weighted by Crippen LogP contribution is -2.06. The SMILES string of the molecule is Cn1cncc1-c1nnnn1CCCC(=O)O. The van der Waals surface area contributed by atoms with Crippen LogP contribution in [0, 0.1) is 0 Å². The van der Waals surface area contributed by atoms with Crippen molar-refractivity contribution in [1.82, 2.24) is 29.8 Å². The third-order valence-corrected chi connectivity index (χ3v) is 2.34. The Bertz CT molecular complexity index is 517. The van der Waals surface area contributed by atoms with Gasteiger partial charge < -0.3 is 9.67 Å². The molecule has 0 bridgehead atoms. The standard InChI is InChI=1S/C9H12N6O2/c1-14-6-10-5-7(14)9-11-12-13-15(9)4-2-3-8(16)17/h5-6H,2-4H2,1H3,(H,16,17). The summed E-state index contributed by atoms with van der Waals surface area (Å²) in [6.07, 6.45) is 3.92. The Kier molecular flexibility index (Phi) is 3.12. The molecule has 0 unspecified atom stereocenters. The molecule has 2 heterocycles. The highest BCUT2D eigenvalue weighted by molar-refractivity contribution is 5.66. The highest BCUT2D eigenvalue weighted by Gasteiger charge is 2.12. The highest BCUT2D eigenvalue weighted by Crippen LogP contribution is 2.14. The molecule has 17 heavy (non-hydrogen) atoms. The third-order valence-electron chi connectivity index (χ3n) is 2.34. The molecule has 0 aliphatic heterocycles. The molecule has 0 saturated carbocycles. The van der Waals surface area contributed by atoms with Gasteiger partial charge in [-0.1, -0.05) is 0 Å². The normalized spacial score (nSPS) is 10.6. The number of rotatable bonds is 5. The second-order valence-electron chi connectivity index (χ2n) is 3.61. The van der Waals surface area contributed by atoms with Gasteiger partial charge in [-0.2, -0.15) is 0 Å². The van der Waals surface area contributed by atoms with Gasteiger partial charge in [-0.05, 0) is 16.8 Å². The van der Waals surface area contributed by atoms with Gasteiger partial charge in [0, 0.05) is 20.0 Å². The molecule has 0 spiro atoms. The van der Waals surface area contributed by atoms with Crippen molar-refractivity contribution in [2.24, 2.45) is 7.05 Å². The lowest BCUT2D eigenvalue weighted by Gasteiger charge is -2.03. The molecule has 0 fully saturated rings. The number of aryl methyl sites for hydroxylation is 2. The zero-order valence-corrected chi connectivity index (χ0v) is 9.31. The largest absolute Gasteiger partial charge is 0.481 e. The van der Waals surface area contributed by atoms with E-state index >= 15 is 0 Å². The molecule has 0 radical (unpaired) electrons. The van der Waals surface area contributed by atoms with Crippen molar-refractivity contribution < 1.29 is 9.90 Å². The average molecular weight is 236 g/mol. The number of aromatic nitrogens is 6. The van der Waals surface area contributed by atoms with E-state index in [1.165, 1.54) is 0 Å². The number of carbonyl (C=O) groups is 1. The molecule has 90 valence electrons. The summed E-state index contributed by atoms with van der Waals surface area (Å²) in [4.78, 5) is 14.4. The molecule has 0 aromatic carbocycles. The summed E-state index contributed by atoms with van der Waals surface area (Å²) in [6.45, 7) is 0.472. The number of tetrazole rings is 1. The molecule has 1 N–H and O–H groups in total. The van der Waals surface area contributed by atoms with E-state index in [0.717, 1.165) is 5.69 Å². The lowest BCUT2D eigenvalue weighted by atomic mass is 10.3. The molecule has 0 amide bonds. The number of aliphatic carboxylic acids is 1. The Morgan fingerprint density at radius 2 is 2.35 bits per heavy atom. The summed E-state index contributed by atoms with van der Waals surface area (Å²) >= 11 is 0. The molecule has 0 aliphatic carbocycles. The van der Waals surface area contributed by atoms with Crippen LogP contribution >= 0.6 is 0 Å². The van der Waals surface area contributed by atoms with Crippen molar-refractivity contribution in [3.8, 4) is 11.5 Å². The van der Waals surface area contributed by atoms with E-state index in [9.17, 15) is 4.79 Å². The minimum atomic E-state index is -0.819. The fourth-order valence-electron chi connectivity index (χ4n) is 1.49. The monoisotopic (exact) mass is 236 g/mol. The van der Waals surface area contributed by atoms with Crippen molar-refractivity contribution in [3.05, 3.63) is 12.5 Å². The first-order valence-corrected chi connectivity index (χ1v) is 5.13. The zero-order chi connectivity index (χ0) is 12.3. The summed E-state index contributed by atoms with van der Waals surface area (Å²) in [5, 5.41) is 19.9. The van der Waals surface area contributed by atoms with Gasteiger partial charge >= 0.3 is 5.97 Å². The Balaban J connectivity index is 2.12. The van der Waals surface area contributed by atoms with Gasteiger partial charge in [0.1, 0.15) is 5.69 Å². The van der Waals surface area contributed by atoms with Gasteiger partial charge in [-0.3, -0.25) is 4.79 Å². The molecule has 8 heteroatoms. The van der Waals surface area contributed by atoms with Crippen molar-refractivity contribution in [1.29, 1.82) is 0 Å². The summed E-state index contributed by atoms with van der Waals surface area (Å²) in [7, 11) is 1.85. The quantitative estimate of drug-likeness (QED) is 0.780. The lowest BCUT2D eigenvalue weighted by molar-refractivity contribution is -0.137. The maximum Gasteiger partial charge on any atom is 0.303 e. The molecule has 0 saturated heterocycles. The van der Waals surface area contributed by atoms with E-state index in [1.54, 1.807) is 21.8 Å². The zero-order valence-electron chi connectivity index (χ0n) is 9.31. The molecular weight excluding hydrogens is 224 g/mol. The fraction of sp³-hybridized carbons (Fsp3) is 0.444.